The van der Waals surface area contributed by atoms with Crippen molar-refractivity contribution in [2.24, 2.45) is 0 Å². The Labute approximate surface area is 184 Å². The molecule has 2 N–H and O–H groups in total. The number of halogens is 4. The highest BCUT2D eigenvalue weighted by atomic mass is 32.2. The molecule has 2 aromatic rings. The third kappa shape index (κ3) is 7.74. The highest BCUT2D eigenvalue weighted by Gasteiger charge is 2.25. The van der Waals surface area contributed by atoms with Crippen LogP contribution in [0.5, 0.6) is 11.8 Å². The number of nitrogens with one attached hydrogen (secondary N) is 2. The topological polar surface area (TPSA) is 146 Å². The fourth-order valence-electron chi connectivity index (χ4n) is 2.19. The first-order valence-electron chi connectivity index (χ1n) is 8.74. The van der Waals surface area contributed by atoms with E-state index in [0.717, 1.165) is 25.3 Å². The molecule has 0 radical (unpaired) electrons. The number of amides is 2. The molecule has 180 valence electrons. The summed E-state index contributed by atoms with van der Waals surface area (Å²) in [5.41, 5.74) is -0.360. The van der Waals surface area contributed by atoms with Crippen LogP contribution in [0, 0.1) is 0 Å². The summed E-state index contributed by atoms with van der Waals surface area (Å²) in [5, 5.41) is 1.88. The van der Waals surface area contributed by atoms with Crippen LogP contribution in [0.1, 0.15) is 10.4 Å². The minimum absolute atomic E-state index is 0.360. The molecule has 1 heterocycles. The molecule has 0 saturated heterocycles. The smallest absolute Gasteiger partial charge is 0.339 e. The average Bonchev–Trinajstić information content (AvgIpc) is 2.75. The predicted molar refractivity (Wildman–Crippen MR) is 102 cm³/mol. The van der Waals surface area contributed by atoms with E-state index in [0.29, 0.717) is 0 Å². The molecule has 11 nitrogen and oxygen atoms in total. The van der Waals surface area contributed by atoms with Gasteiger partial charge in [-0.15, -0.1) is 0 Å². The number of sulfonamides is 1. The predicted octanol–water partition coefficient (Wildman–Crippen LogP) is 2.06. The second-order valence-electron chi connectivity index (χ2n) is 5.82. The lowest BCUT2D eigenvalue weighted by Crippen LogP contribution is -2.35. The lowest BCUT2D eigenvalue weighted by Gasteiger charge is -2.12. The van der Waals surface area contributed by atoms with Crippen molar-refractivity contribution in [3.05, 3.63) is 35.9 Å². The van der Waals surface area contributed by atoms with Gasteiger partial charge < -0.3 is 14.2 Å². The van der Waals surface area contributed by atoms with Crippen LogP contribution in [0.25, 0.3) is 0 Å². The second-order valence-corrected chi connectivity index (χ2v) is 7.47. The number of urea groups is 1. The molecule has 1 aromatic carbocycles. The largest absolute Gasteiger partial charge is 0.471 e. The van der Waals surface area contributed by atoms with Crippen LogP contribution in [0.15, 0.2) is 35.2 Å². The number of hydrogen-bond acceptors (Lipinski definition) is 9. The first-order chi connectivity index (χ1) is 15.5. The summed E-state index contributed by atoms with van der Waals surface area (Å²) < 4.78 is 89.9. The number of rotatable bonds is 10. The van der Waals surface area contributed by atoms with Gasteiger partial charge in [-0.1, -0.05) is 12.1 Å². The summed E-state index contributed by atoms with van der Waals surface area (Å²) in [6.45, 7) is -2.23. The van der Waals surface area contributed by atoms with Gasteiger partial charge >= 0.3 is 12.0 Å². The number of methoxy groups -OCH3 is 1. The van der Waals surface area contributed by atoms with E-state index in [4.69, 9.17) is 0 Å². The van der Waals surface area contributed by atoms with Gasteiger partial charge in [-0.2, -0.15) is 9.97 Å². The first-order valence-corrected chi connectivity index (χ1v) is 10.2. The lowest BCUT2D eigenvalue weighted by atomic mass is 10.2. The van der Waals surface area contributed by atoms with Crippen LogP contribution >= 0.6 is 0 Å². The molecule has 0 aliphatic rings. The normalized spacial score (nSPS) is 11.2. The zero-order chi connectivity index (χ0) is 24.6. The Morgan fingerprint density at radius 2 is 1.55 bits per heavy atom. The molecule has 33 heavy (non-hydrogen) atoms. The summed E-state index contributed by atoms with van der Waals surface area (Å²) in [4.78, 5) is 30.5. The molecule has 2 amide bonds. The third-order valence-corrected chi connectivity index (χ3v) is 4.82. The maximum absolute atomic E-state index is 12.5. The van der Waals surface area contributed by atoms with Gasteiger partial charge in [-0.25, -0.2) is 40.3 Å². The van der Waals surface area contributed by atoms with E-state index in [1.807, 2.05) is 5.32 Å². The van der Waals surface area contributed by atoms with Crippen LogP contribution in [0.4, 0.5) is 28.3 Å². The van der Waals surface area contributed by atoms with Crippen molar-refractivity contribution in [3.8, 4) is 11.8 Å². The van der Waals surface area contributed by atoms with E-state index in [-0.39, 0.29) is 5.56 Å². The Morgan fingerprint density at radius 1 is 1.00 bits per heavy atom. The van der Waals surface area contributed by atoms with Gasteiger partial charge in [-0.05, 0) is 12.1 Å². The fourth-order valence-corrected chi connectivity index (χ4v) is 3.29. The van der Waals surface area contributed by atoms with Crippen LogP contribution in [-0.2, 0) is 14.8 Å². The molecule has 0 saturated carbocycles. The zero-order valence-corrected chi connectivity index (χ0v) is 17.4. The van der Waals surface area contributed by atoms with Crippen molar-refractivity contribution in [2.45, 2.75) is 17.7 Å². The Hall–Kier alpha value is -3.69. The minimum atomic E-state index is -4.61. The summed E-state index contributed by atoms with van der Waals surface area (Å²) in [6.07, 6.45) is -5.80. The molecule has 2 rings (SSSR count). The summed E-state index contributed by atoms with van der Waals surface area (Å²) >= 11 is 0. The zero-order valence-electron chi connectivity index (χ0n) is 16.6. The van der Waals surface area contributed by atoms with Gasteiger partial charge in [0.15, 0.2) is 13.2 Å². The van der Waals surface area contributed by atoms with E-state index >= 15 is 0 Å². The van der Waals surface area contributed by atoms with Crippen molar-refractivity contribution in [1.82, 2.24) is 14.7 Å². The molecule has 0 spiro atoms. The summed E-state index contributed by atoms with van der Waals surface area (Å²) in [7, 11) is -3.58. The highest BCUT2D eigenvalue weighted by Crippen LogP contribution is 2.20. The number of esters is 1. The Balaban J connectivity index is 2.23. The molecule has 0 atom stereocenters. The number of anilines is 1. The van der Waals surface area contributed by atoms with Crippen LogP contribution in [0.2, 0.25) is 0 Å². The second kappa shape index (κ2) is 11.3. The van der Waals surface area contributed by atoms with Gasteiger partial charge in [-0.3, -0.25) is 5.32 Å². The number of alkyl halides is 4. The molecule has 0 bridgehead atoms. The van der Waals surface area contributed by atoms with Crippen molar-refractivity contribution in [3.63, 3.8) is 0 Å². The molecule has 0 aliphatic carbocycles. The average molecular weight is 496 g/mol. The fraction of sp³-hybridized carbons (Fsp3) is 0.294. The summed E-state index contributed by atoms with van der Waals surface area (Å²) in [6, 6.07) is 4.23. The van der Waals surface area contributed by atoms with Crippen molar-refractivity contribution in [2.75, 3.05) is 25.6 Å². The molecule has 16 heteroatoms. The number of benzene rings is 1. The van der Waals surface area contributed by atoms with E-state index in [1.54, 1.807) is 4.72 Å². The third-order valence-electron chi connectivity index (χ3n) is 3.43. The van der Waals surface area contributed by atoms with E-state index in [9.17, 15) is 35.6 Å². The van der Waals surface area contributed by atoms with Crippen molar-refractivity contribution >= 4 is 28.0 Å². The lowest BCUT2D eigenvalue weighted by molar-refractivity contribution is 0.0596. The Bertz CT molecular complexity index is 1070. The van der Waals surface area contributed by atoms with Gasteiger partial charge in [0.05, 0.1) is 18.7 Å². The maximum Gasteiger partial charge on any atom is 0.339 e. The van der Waals surface area contributed by atoms with Crippen LogP contribution in [0.3, 0.4) is 0 Å². The molecule has 0 aliphatic heterocycles. The number of carbonyl (C=O) groups is 2. The van der Waals surface area contributed by atoms with Gasteiger partial charge in [0.1, 0.15) is 4.90 Å². The van der Waals surface area contributed by atoms with Gasteiger partial charge in [0, 0.05) is 0 Å². The van der Waals surface area contributed by atoms with Gasteiger partial charge in [0.2, 0.25) is 17.7 Å². The molecule has 0 unspecified atom stereocenters. The number of carbonyl (C=O) groups excluding carboxylic acids is 2. The van der Waals surface area contributed by atoms with E-state index in [1.165, 1.54) is 12.1 Å². The quantitative estimate of drug-likeness (QED) is 0.373. The van der Waals surface area contributed by atoms with E-state index in [2.05, 4.69) is 24.2 Å². The van der Waals surface area contributed by atoms with Crippen molar-refractivity contribution < 1.29 is 49.8 Å². The monoisotopic (exact) mass is 496 g/mol. The molecule has 0 fully saturated rings. The SMILES string of the molecule is COC(=O)c1ccccc1S(=O)(=O)NC(=O)Nc1nc(OCC(F)F)cc(OCC(F)F)n1. The Morgan fingerprint density at radius 3 is 2.06 bits per heavy atom. The standard InChI is InChI=1S/C17H16F4N4O7S/c1-30-15(26)9-4-2-3-5-10(9)33(28,29)25-17(27)24-16-22-13(31-7-11(18)19)6-14(23-16)32-8-12(20)21/h2-6,11-12H,7-8H2,1H3,(H2,22,23,24,25,27). The van der Waals surface area contributed by atoms with Crippen LogP contribution < -0.4 is 19.5 Å². The number of aromatic nitrogens is 2. The number of ether oxygens (including phenoxy) is 3. The minimum Gasteiger partial charge on any atom is -0.471 e. The van der Waals surface area contributed by atoms with Crippen molar-refractivity contribution in [1.29, 1.82) is 0 Å². The Kier molecular flexibility index (Phi) is 8.72. The number of nitrogens with zero attached hydrogens (tertiary/aromatic N) is 2. The molecule has 1 aromatic heterocycles. The molecular formula is C17H16F4N4O7S. The summed E-state index contributed by atoms with van der Waals surface area (Å²) in [5.74, 6) is -2.82. The van der Waals surface area contributed by atoms with E-state index < -0.39 is 70.7 Å². The van der Waals surface area contributed by atoms with Crippen LogP contribution in [-0.4, -0.2) is 63.6 Å². The maximum atomic E-state index is 12.5. The first kappa shape index (κ1) is 25.6. The molecular weight excluding hydrogens is 480 g/mol. The van der Waals surface area contributed by atoms with Gasteiger partial charge in [0.25, 0.3) is 22.9 Å². The number of hydrogen-bond donors (Lipinski definition) is 2. The highest BCUT2D eigenvalue weighted by molar-refractivity contribution is 7.90.